The molecule has 4 nitrogen and oxygen atoms in total. The van der Waals surface area contributed by atoms with E-state index in [0.29, 0.717) is 11.6 Å². The molecule has 1 fully saturated rings. The van der Waals surface area contributed by atoms with E-state index < -0.39 is 12.0 Å². The van der Waals surface area contributed by atoms with Crippen molar-refractivity contribution in [2.75, 3.05) is 25.2 Å². The van der Waals surface area contributed by atoms with Gasteiger partial charge in [0.15, 0.2) is 0 Å². The maximum atomic E-state index is 11.8. The molecular formula is C16H22ClNO3. The number of nitrogens with zero attached hydrogens (tertiary/aromatic N) is 1. The Morgan fingerprint density at radius 3 is 2.57 bits per heavy atom. The quantitative estimate of drug-likeness (QED) is 0.906. The summed E-state index contributed by atoms with van der Waals surface area (Å²) in [6.45, 7) is 5.43. The van der Waals surface area contributed by atoms with Gasteiger partial charge in [-0.3, -0.25) is 0 Å². The van der Waals surface area contributed by atoms with Gasteiger partial charge in [0.05, 0.1) is 6.61 Å². The number of hydrogen-bond donors (Lipinski definition) is 1. The van der Waals surface area contributed by atoms with Crippen molar-refractivity contribution in [3.63, 3.8) is 0 Å². The summed E-state index contributed by atoms with van der Waals surface area (Å²) in [4.78, 5) is 13.8. The maximum absolute atomic E-state index is 11.8. The molecule has 1 aromatic carbocycles. The molecule has 1 saturated heterocycles. The second kappa shape index (κ2) is 6.24. The number of carboxylic acid groups (broad SMARTS) is 1. The number of hydrogen-bond acceptors (Lipinski definition) is 3. The predicted molar refractivity (Wildman–Crippen MR) is 84.0 cm³/mol. The number of halogens is 1. The van der Waals surface area contributed by atoms with Crippen LogP contribution < -0.4 is 4.90 Å². The lowest BCUT2D eigenvalue weighted by atomic mass is 9.75. The monoisotopic (exact) mass is 311 g/mol. The van der Waals surface area contributed by atoms with Crippen LogP contribution >= 0.6 is 11.6 Å². The molecule has 21 heavy (non-hydrogen) atoms. The Balaban J connectivity index is 2.29. The van der Waals surface area contributed by atoms with E-state index in [1.54, 1.807) is 19.2 Å². The highest BCUT2D eigenvalue weighted by Crippen LogP contribution is 2.41. The van der Waals surface area contributed by atoms with Gasteiger partial charge in [-0.15, -0.1) is 0 Å². The van der Waals surface area contributed by atoms with Crippen molar-refractivity contribution in [2.24, 2.45) is 11.3 Å². The highest BCUT2D eigenvalue weighted by atomic mass is 35.5. The van der Waals surface area contributed by atoms with Crippen molar-refractivity contribution in [1.82, 2.24) is 0 Å². The minimum Gasteiger partial charge on any atom is -0.480 e. The van der Waals surface area contributed by atoms with Crippen molar-refractivity contribution >= 4 is 23.3 Å². The van der Waals surface area contributed by atoms with Gasteiger partial charge in [-0.1, -0.05) is 25.4 Å². The molecule has 2 atom stereocenters. The number of carbonyl (C=O) groups is 1. The third-order valence-electron chi connectivity index (χ3n) is 4.33. The van der Waals surface area contributed by atoms with Crippen LogP contribution in [0.4, 0.5) is 5.69 Å². The molecule has 1 aromatic rings. The lowest BCUT2D eigenvalue weighted by Crippen LogP contribution is -2.45. The van der Waals surface area contributed by atoms with Gasteiger partial charge >= 0.3 is 5.97 Å². The lowest BCUT2D eigenvalue weighted by molar-refractivity contribution is -0.140. The summed E-state index contributed by atoms with van der Waals surface area (Å²) in [7, 11) is 1.66. The van der Waals surface area contributed by atoms with Crippen LogP contribution in [0, 0.1) is 11.3 Å². The molecule has 1 heterocycles. The molecule has 0 amide bonds. The van der Waals surface area contributed by atoms with Gasteiger partial charge in [0.2, 0.25) is 0 Å². The molecule has 0 spiro atoms. The number of methoxy groups -OCH3 is 1. The Hall–Kier alpha value is -1.26. The zero-order chi connectivity index (χ0) is 15.6. The summed E-state index contributed by atoms with van der Waals surface area (Å²) in [5.74, 6) is -0.734. The van der Waals surface area contributed by atoms with Crippen molar-refractivity contribution in [2.45, 2.75) is 26.3 Å². The van der Waals surface area contributed by atoms with Crippen molar-refractivity contribution in [3.05, 3.63) is 29.3 Å². The zero-order valence-corrected chi connectivity index (χ0v) is 13.4. The van der Waals surface area contributed by atoms with Gasteiger partial charge in [0.25, 0.3) is 0 Å². The van der Waals surface area contributed by atoms with Gasteiger partial charge in [-0.2, -0.15) is 0 Å². The molecule has 0 radical (unpaired) electrons. The highest BCUT2D eigenvalue weighted by molar-refractivity contribution is 6.30. The number of carboxylic acids is 1. The smallest absolute Gasteiger partial charge is 0.326 e. The fourth-order valence-corrected chi connectivity index (χ4v) is 3.44. The van der Waals surface area contributed by atoms with E-state index in [1.807, 2.05) is 17.0 Å². The van der Waals surface area contributed by atoms with Gasteiger partial charge < -0.3 is 14.7 Å². The summed E-state index contributed by atoms with van der Waals surface area (Å²) in [5, 5.41) is 10.3. The molecule has 0 saturated carbocycles. The minimum absolute atomic E-state index is 0.0469. The van der Waals surface area contributed by atoms with E-state index in [0.717, 1.165) is 18.7 Å². The van der Waals surface area contributed by atoms with Crippen LogP contribution in [0.2, 0.25) is 5.02 Å². The Labute approximate surface area is 130 Å². The number of benzene rings is 1. The summed E-state index contributed by atoms with van der Waals surface area (Å²) in [6.07, 6.45) is 0.843. The first-order valence-corrected chi connectivity index (χ1v) is 7.48. The number of aliphatic carboxylic acids is 1. The van der Waals surface area contributed by atoms with Crippen LogP contribution in [-0.4, -0.2) is 37.4 Å². The Morgan fingerprint density at radius 1 is 1.43 bits per heavy atom. The SMILES string of the molecule is COCC(C)(C)C1CCN(c2ccc(Cl)cc2)C1C(=O)O. The van der Waals surface area contributed by atoms with Crippen molar-refractivity contribution in [3.8, 4) is 0 Å². The maximum Gasteiger partial charge on any atom is 0.326 e. The van der Waals surface area contributed by atoms with Crippen LogP contribution in [0.3, 0.4) is 0 Å². The van der Waals surface area contributed by atoms with E-state index in [1.165, 1.54) is 0 Å². The fraction of sp³-hybridized carbons (Fsp3) is 0.562. The molecule has 0 aliphatic carbocycles. The molecule has 116 valence electrons. The molecule has 2 unspecified atom stereocenters. The summed E-state index contributed by atoms with van der Waals surface area (Å²) >= 11 is 5.91. The number of anilines is 1. The van der Waals surface area contributed by atoms with Gasteiger partial charge in [-0.05, 0) is 42.0 Å². The normalized spacial score (nSPS) is 22.6. The third kappa shape index (κ3) is 3.33. The summed E-state index contributed by atoms with van der Waals surface area (Å²) < 4.78 is 5.27. The number of ether oxygens (including phenoxy) is 1. The zero-order valence-electron chi connectivity index (χ0n) is 12.7. The molecule has 5 heteroatoms. The van der Waals surface area contributed by atoms with Crippen LogP contribution in [0.1, 0.15) is 20.3 Å². The van der Waals surface area contributed by atoms with Crippen LogP contribution in [0.25, 0.3) is 0 Å². The largest absolute Gasteiger partial charge is 0.480 e. The van der Waals surface area contributed by atoms with E-state index in [2.05, 4.69) is 13.8 Å². The predicted octanol–water partition coefficient (Wildman–Crippen LogP) is 3.29. The summed E-state index contributed by atoms with van der Waals surface area (Å²) in [6, 6.07) is 6.82. The average Bonchev–Trinajstić information content (AvgIpc) is 2.85. The summed E-state index contributed by atoms with van der Waals surface area (Å²) in [5.41, 5.74) is 0.724. The van der Waals surface area contributed by atoms with E-state index in [9.17, 15) is 9.90 Å². The lowest BCUT2D eigenvalue weighted by Gasteiger charge is -2.35. The van der Waals surface area contributed by atoms with Crippen LogP contribution in [0.15, 0.2) is 24.3 Å². The van der Waals surface area contributed by atoms with E-state index >= 15 is 0 Å². The topological polar surface area (TPSA) is 49.8 Å². The molecule has 1 N–H and O–H groups in total. The first kappa shape index (κ1) is 16.1. The van der Waals surface area contributed by atoms with E-state index in [-0.39, 0.29) is 11.3 Å². The van der Waals surface area contributed by atoms with Crippen LogP contribution in [0.5, 0.6) is 0 Å². The number of rotatable bonds is 5. The average molecular weight is 312 g/mol. The first-order valence-electron chi connectivity index (χ1n) is 7.11. The van der Waals surface area contributed by atoms with E-state index in [4.69, 9.17) is 16.3 Å². The Bertz CT molecular complexity index is 501. The van der Waals surface area contributed by atoms with Crippen LogP contribution in [-0.2, 0) is 9.53 Å². The first-order chi connectivity index (χ1) is 9.86. The fourth-order valence-electron chi connectivity index (χ4n) is 3.32. The molecule has 1 aliphatic heterocycles. The van der Waals surface area contributed by atoms with Gasteiger partial charge in [-0.25, -0.2) is 4.79 Å². The van der Waals surface area contributed by atoms with Crippen molar-refractivity contribution in [1.29, 1.82) is 0 Å². The van der Waals surface area contributed by atoms with Gasteiger partial charge in [0, 0.05) is 24.4 Å². The molecular weight excluding hydrogens is 290 g/mol. The molecule has 0 bridgehead atoms. The third-order valence-corrected chi connectivity index (χ3v) is 4.58. The molecule has 1 aliphatic rings. The van der Waals surface area contributed by atoms with Crippen molar-refractivity contribution < 1.29 is 14.6 Å². The standard InChI is InChI=1S/C16H22ClNO3/c1-16(2,10-21-3)13-8-9-18(14(13)15(19)20)12-6-4-11(17)5-7-12/h4-7,13-14H,8-10H2,1-3H3,(H,19,20). The molecule has 2 rings (SSSR count). The van der Waals surface area contributed by atoms with Gasteiger partial charge in [0.1, 0.15) is 6.04 Å². The Kier molecular flexibility index (Phi) is 4.79. The minimum atomic E-state index is -0.781. The highest BCUT2D eigenvalue weighted by Gasteiger charge is 2.46. The second-order valence-corrected chi connectivity index (χ2v) is 6.71. The molecule has 0 aromatic heterocycles. The Morgan fingerprint density at radius 2 is 2.05 bits per heavy atom. The second-order valence-electron chi connectivity index (χ2n) is 6.27.